The van der Waals surface area contributed by atoms with Crippen molar-refractivity contribution in [1.29, 1.82) is 0 Å². The number of piperidine rings is 2. The quantitative estimate of drug-likeness (QED) is 0.161. The molecule has 0 radical (unpaired) electrons. The van der Waals surface area contributed by atoms with Crippen molar-refractivity contribution in [3.8, 4) is 22.9 Å². The van der Waals surface area contributed by atoms with E-state index in [9.17, 15) is 19.8 Å². The number of fused-ring (bicyclic) bond motifs is 2. The lowest BCUT2D eigenvalue weighted by Crippen LogP contribution is -2.47. The molecule has 0 bridgehead atoms. The van der Waals surface area contributed by atoms with E-state index in [-0.39, 0.29) is 37.1 Å². The van der Waals surface area contributed by atoms with Crippen molar-refractivity contribution in [3.05, 3.63) is 166 Å². The summed E-state index contributed by atoms with van der Waals surface area (Å²) in [4.78, 5) is 39.2. The molecule has 4 aromatic carbocycles. The predicted octanol–water partition coefficient (Wildman–Crippen LogP) is 7.98. The van der Waals surface area contributed by atoms with Crippen LogP contribution in [0.5, 0.6) is 11.5 Å². The van der Waals surface area contributed by atoms with E-state index in [1.807, 2.05) is 131 Å². The number of amides is 2. The smallest absolute Gasteiger partial charge is 0.250 e. The number of nitrogens with zero attached hydrogens (tertiary/aromatic N) is 6. The summed E-state index contributed by atoms with van der Waals surface area (Å²) in [6.07, 6.45) is 13.3. The van der Waals surface area contributed by atoms with Crippen molar-refractivity contribution in [2.75, 3.05) is 26.3 Å². The first-order valence-corrected chi connectivity index (χ1v) is 22.1. The summed E-state index contributed by atoms with van der Waals surface area (Å²) in [5, 5.41) is 21.4. The van der Waals surface area contributed by atoms with Crippen molar-refractivity contribution in [1.82, 2.24) is 28.9 Å². The number of aliphatic hydroxyl groups excluding tert-OH is 2. The highest BCUT2D eigenvalue weighted by Gasteiger charge is 2.40. The van der Waals surface area contributed by atoms with Crippen LogP contribution in [0.2, 0.25) is 0 Å². The summed E-state index contributed by atoms with van der Waals surface area (Å²) in [5.74, 6) is 1.47. The molecule has 12 heteroatoms. The van der Waals surface area contributed by atoms with Crippen LogP contribution >= 0.6 is 0 Å². The van der Waals surface area contributed by atoms with E-state index >= 15 is 0 Å². The summed E-state index contributed by atoms with van der Waals surface area (Å²) >= 11 is 0. The third-order valence-corrected chi connectivity index (χ3v) is 12.6. The van der Waals surface area contributed by atoms with Gasteiger partial charge in [-0.1, -0.05) is 48.5 Å². The normalized spacial score (nSPS) is 22.0. The van der Waals surface area contributed by atoms with E-state index in [1.165, 1.54) is 0 Å². The average Bonchev–Trinajstić information content (AvgIpc) is 3.93. The molecule has 10 rings (SSSR count). The molecule has 12 nitrogen and oxygen atoms in total. The number of benzene rings is 4. The molecular weight excluding hydrogens is 805 g/mol. The average molecular weight is 859 g/mol. The lowest BCUT2D eigenvalue weighted by Gasteiger charge is -2.41. The SMILES string of the molecule is Cc1cn(-c2ccc(/C=C3\CCCN([C@@H]4c5ccccc5OC[C@@H]4O)C3=O)cc2C)cn1.Cc1cn(-c2ccc(/C=C3\CCCN([C@H]4c5ccccc5OC[C@H]4O)C3=O)cc2C)cn1. The second-order valence-corrected chi connectivity index (χ2v) is 17.2. The Bertz CT molecular complexity index is 2580. The lowest BCUT2D eigenvalue weighted by molar-refractivity contribution is -0.136. The van der Waals surface area contributed by atoms with Gasteiger partial charge in [0.05, 0.1) is 36.1 Å². The van der Waals surface area contributed by atoms with Gasteiger partial charge in [0.1, 0.15) is 36.9 Å². The lowest BCUT2D eigenvalue weighted by atomic mass is 9.92. The van der Waals surface area contributed by atoms with Gasteiger partial charge in [0.2, 0.25) is 11.8 Å². The molecule has 0 unspecified atom stereocenters. The first-order chi connectivity index (χ1) is 31.0. The van der Waals surface area contributed by atoms with E-state index in [4.69, 9.17) is 9.47 Å². The highest BCUT2D eigenvalue weighted by Crippen LogP contribution is 2.40. The van der Waals surface area contributed by atoms with Crippen LogP contribution < -0.4 is 9.47 Å². The van der Waals surface area contributed by atoms with Crippen molar-refractivity contribution in [2.45, 2.75) is 77.7 Å². The van der Waals surface area contributed by atoms with Crippen molar-refractivity contribution >= 4 is 24.0 Å². The van der Waals surface area contributed by atoms with E-state index in [0.29, 0.717) is 13.1 Å². The van der Waals surface area contributed by atoms with Crippen LogP contribution in [-0.4, -0.2) is 89.4 Å². The Morgan fingerprint density at radius 1 is 0.594 bits per heavy atom. The highest BCUT2D eigenvalue weighted by molar-refractivity contribution is 5.99. The molecule has 0 spiro atoms. The standard InChI is InChI=1S/2C26H27N3O3/c2*1-17-12-19(9-10-22(17)28-14-18(2)27-16-28)13-20-6-5-11-29(26(20)31)25-21-7-3-4-8-24(21)32-15-23(25)30/h2*3-4,7-10,12-14,16,23,25,30H,5-6,11,15H2,1-2H3/b2*20-13+/t2*23-,25+/m10/s1. The first kappa shape index (κ1) is 42.5. The summed E-state index contributed by atoms with van der Waals surface area (Å²) in [5.41, 5.74) is 11.6. The van der Waals surface area contributed by atoms with E-state index in [1.54, 1.807) is 0 Å². The minimum atomic E-state index is -0.742. The summed E-state index contributed by atoms with van der Waals surface area (Å²) in [6.45, 7) is 9.72. The Labute approximate surface area is 373 Å². The molecule has 6 heterocycles. The monoisotopic (exact) mass is 858 g/mol. The van der Waals surface area contributed by atoms with Gasteiger partial charge in [-0.15, -0.1) is 0 Å². The number of carbonyl (C=O) groups is 2. The van der Waals surface area contributed by atoms with Gasteiger partial charge in [0.25, 0.3) is 0 Å². The third kappa shape index (κ3) is 8.63. The maximum atomic E-state index is 13.5. The Kier molecular flexibility index (Phi) is 12.1. The molecular formula is C52H54N6O6. The number of hydrogen-bond acceptors (Lipinski definition) is 8. The molecule has 328 valence electrons. The molecule has 4 aliphatic heterocycles. The first-order valence-electron chi connectivity index (χ1n) is 22.1. The zero-order valence-electron chi connectivity index (χ0n) is 36.7. The Hall–Kier alpha value is -6.76. The van der Waals surface area contributed by atoms with Crippen LogP contribution in [0.4, 0.5) is 0 Å². The third-order valence-electron chi connectivity index (χ3n) is 12.6. The van der Waals surface area contributed by atoms with E-state index in [2.05, 4.69) is 48.1 Å². The number of rotatable bonds is 6. The van der Waals surface area contributed by atoms with Crippen molar-refractivity contribution < 1.29 is 29.3 Å². The number of aromatic nitrogens is 4. The summed E-state index contributed by atoms with van der Waals surface area (Å²) in [6, 6.07) is 27.0. The summed E-state index contributed by atoms with van der Waals surface area (Å²) in [7, 11) is 0. The number of carbonyl (C=O) groups excluding carboxylic acids is 2. The second kappa shape index (κ2) is 18.1. The number of para-hydroxylation sites is 2. The molecule has 0 aliphatic carbocycles. The van der Waals surface area contributed by atoms with Gasteiger partial charge >= 0.3 is 0 Å². The van der Waals surface area contributed by atoms with Crippen LogP contribution in [0.25, 0.3) is 23.5 Å². The number of aliphatic hydroxyl groups is 2. The Morgan fingerprint density at radius 3 is 1.41 bits per heavy atom. The number of imidazole rings is 2. The van der Waals surface area contributed by atoms with Gasteiger partial charge in [-0.05, 0) is 124 Å². The minimum Gasteiger partial charge on any atom is -0.490 e. The maximum Gasteiger partial charge on any atom is 0.250 e. The number of aryl methyl sites for hydroxylation is 4. The molecule has 2 aromatic heterocycles. The largest absolute Gasteiger partial charge is 0.490 e. The molecule has 4 atom stereocenters. The molecule has 64 heavy (non-hydrogen) atoms. The molecule has 4 aliphatic rings. The van der Waals surface area contributed by atoms with Gasteiger partial charge in [-0.2, -0.15) is 0 Å². The van der Waals surface area contributed by atoms with Gasteiger partial charge in [-0.3, -0.25) is 9.59 Å². The fourth-order valence-electron chi connectivity index (χ4n) is 9.50. The second-order valence-electron chi connectivity index (χ2n) is 17.2. The summed E-state index contributed by atoms with van der Waals surface area (Å²) < 4.78 is 15.4. The maximum absolute atomic E-state index is 13.5. The van der Waals surface area contributed by atoms with Crippen molar-refractivity contribution in [2.24, 2.45) is 0 Å². The van der Waals surface area contributed by atoms with Crippen LogP contribution in [0.1, 0.15) is 82.5 Å². The van der Waals surface area contributed by atoms with Crippen molar-refractivity contribution in [3.63, 3.8) is 0 Å². The van der Waals surface area contributed by atoms with Gasteiger partial charge in [0, 0.05) is 59.1 Å². The van der Waals surface area contributed by atoms with E-state index < -0.39 is 12.2 Å². The Balaban J connectivity index is 0.000000162. The fraction of sp³-hybridized carbons (Fsp3) is 0.308. The predicted molar refractivity (Wildman–Crippen MR) is 245 cm³/mol. The molecule has 2 saturated heterocycles. The topological polar surface area (TPSA) is 135 Å². The number of likely N-dealkylation sites (tertiary alicyclic amines) is 2. The molecule has 0 saturated carbocycles. The number of ether oxygens (including phenoxy) is 2. The molecule has 2 fully saturated rings. The zero-order valence-corrected chi connectivity index (χ0v) is 36.7. The highest BCUT2D eigenvalue weighted by atomic mass is 16.5. The molecule has 6 aromatic rings. The minimum absolute atomic E-state index is 0.0102. The molecule has 2 N–H and O–H groups in total. The Morgan fingerprint density at radius 2 is 1.02 bits per heavy atom. The van der Waals surface area contributed by atoms with Gasteiger partial charge in [0.15, 0.2) is 0 Å². The van der Waals surface area contributed by atoms with Crippen LogP contribution in [0, 0.1) is 27.7 Å². The van der Waals surface area contributed by atoms with Crippen LogP contribution in [0.3, 0.4) is 0 Å². The van der Waals surface area contributed by atoms with Gasteiger partial charge in [-0.25, -0.2) is 9.97 Å². The van der Waals surface area contributed by atoms with Crippen LogP contribution in [0.15, 0.2) is 121 Å². The van der Waals surface area contributed by atoms with Gasteiger partial charge < -0.3 is 38.6 Å². The zero-order chi connectivity index (χ0) is 44.5. The number of hydrogen-bond donors (Lipinski definition) is 2. The molecule has 2 amide bonds. The van der Waals surface area contributed by atoms with E-state index in [0.717, 1.165) is 104 Å². The fourth-order valence-corrected chi connectivity index (χ4v) is 9.50. The van der Waals surface area contributed by atoms with Crippen LogP contribution in [-0.2, 0) is 9.59 Å².